The van der Waals surface area contributed by atoms with E-state index in [1.807, 2.05) is 26.8 Å². The molecule has 0 fully saturated rings. The topological polar surface area (TPSA) is 73.6 Å². The average Bonchev–Trinajstić information content (AvgIpc) is 3.02. The molecular formula is C20H19Cl2N3O3. The number of aromatic nitrogens is 3. The zero-order valence-corrected chi connectivity index (χ0v) is 17.3. The molecule has 2 heterocycles. The number of fused-ring (bicyclic) bond motifs is 1. The number of aryl methyl sites for hydroxylation is 3. The minimum Gasteiger partial charge on any atom is -0.457 e. The minimum absolute atomic E-state index is 0.143. The lowest BCUT2D eigenvalue weighted by molar-refractivity contribution is -0.142. The van der Waals surface area contributed by atoms with Crippen LogP contribution in [0.3, 0.4) is 0 Å². The molecule has 0 saturated carbocycles. The number of nitrogens with zero attached hydrogens (tertiary/aromatic N) is 3. The predicted octanol–water partition coefficient (Wildman–Crippen LogP) is 4.32. The highest BCUT2D eigenvalue weighted by atomic mass is 35.5. The number of hydrogen-bond acceptors (Lipinski definition) is 5. The highest BCUT2D eigenvalue weighted by molar-refractivity contribution is 6.42. The molecule has 0 amide bonds. The van der Waals surface area contributed by atoms with Crippen molar-refractivity contribution in [3.63, 3.8) is 0 Å². The second-order valence-corrected chi connectivity index (χ2v) is 7.34. The zero-order chi connectivity index (χ0) is 20.4. The maximum Gasteiger partial charge on any atom is 0.306 e. The summed E-state index contributed by atoms with van der Waals surface area (Å²) < 4.78 is 6.89. The highest BCUT2D eigenvalue weighted by Crippen LogP contribution is 2.23. The van der Waals surface area contributed by atoms with E-state index in [1.54, 1.807) is 10.6 Å². The van der Waals surface area contributed by atoms with Crippen molar-refractivity contribution in [2.24, 2.45) is 0 Å². The predicted molar refractivity (Wildman–Crippen MR) is 107 cm³/mol. The van der Waals surface area contributed by atoms with Crippen molar-refractivity contribution in [2.75, 3.05) is 6.61 Å². The van der Waals surface area contributed by atoms with Gasteiger partial charge in [-0.05, 0) is 51.0 Å². The molecule has 0 aliphatic rings. The lowest BCUT2D eigenvalue weighted by Crippen LogP contribution is -2.15. The third-order valence-electron chi connectivity index (χ3n) is 4.47. The van der Waals surface area contributed by atoms with Crippen LogP contribution in [0.1, 0.15) is 39.4 Å². The van der Waals surface area contributed by atoms with Gasteiger partial charge in [0.05, 0.1) is 15.7 Å². The Labute approximate surface area is 172 Å². The first kappa shape index (κ1) is 20.3. The smallest absolute Gasteiger partial charge is 0.306 e. The molecule has 0 saturated heterocycles. The second kappa shape index (κ2) is 8.29. The fourth-order valence-corrected chi connectivity index (χ4v) is 3.30. The van der Waals surface area contributed by atoms with Gasteiger partial charge in [0.1, 0.15) is 0 Å². The summed E-state index contributed by atoms with van der Waals surface area (Å²) in [5.74, 6) is -0.793. The van der Waals surface area contributed by atoms with Crippen LogP contribution >= 0.6 is 23.2 Å². The van der Waals surface area contributed by atoms with Crippen molar-refractivity contribution in [1.82, 2.24) is 14.6 Å². The highest BCUT2D eigenvalue weighted by Gasteiger charge is 2.15. The average molecular weight is 420 g/mol. The van der Waals surface area contributed by atoms with Crippen molar-refractivity contribution in [3.8, 4) is 0 Å². The van der Waals surface area contributed by atoms with Crippen molar-refractivity contribution in [2.45, 2.75) is 33.6 Å². The van der Waals surface area contributed by atoms with E-state index in [2.05, 4.69) is 10.1 Å². The van der Waals surface area contributed by atoms with Crippen LogP contribution < -0.4 is 0 Å². The molecule has 6 nitrogen and oxygen atoms in total. The second-order valence-electron chi connectivity index (χ2n) is 6.53. The van der Waals surface area contributed by atoms with Crippen LogP contribution in [0.4, 0.5) is 0 Å². The fraction of sp³-hybridized carbons (Fsp3) is 0.300. The number of Topliss-reactive ketones (excluding diaryl/α,β-unsaturated/α-hetero) is 1. The number of rotatable bonds is 6. The SMILES string of the molecule is Cc1cc2nc(C)c(CCC(=O)OCC(=O)c3ccc(Cl)c(Cl)c3)c(C)n2n1. The van der Waals surface area contributed by atoms with Crippen LogP contribution in [-0.2, 0) is 16.0 Å². The van der Waals surface area contributed by atoms with E-state index in [0.29, 0.717) is 17.0 Å². The third-order valence-corrected chi connectivity index (χ3v) is 5.21. The molecule has 0 bridgehead atoms. The van der Waals surface area contributed by atoms with Crippen LogP contribution in [0.2, 0.25) is 10.0 Å². The van der Waals surface area contributed by atoms with E-state index < -0.39 is 5.97 Å². The molecule has 0 spiro atoms. The number of benzene rings is 1. The standard InChI is InChI=1S/C20H19Cl2N3O3/c1-11-8-19-23-12(2)15(13(3)25(19)24-11)5-7-20(27)28-10-18(26)14-4-6-16(21)17(22)9-14/h4,6,8-9H,5,7,10H2,1-3H3. The van der Waals surface area contributed by atoms with Gasteiger partial charge in [-0.3, -0.25) is 9.59 Å². The number of ether oxygens (including phenoxy) is 1. The van der Waals surface area contributed by atoms with Gasteiger partial charge >= 0.3 is 5.97 Å². The molecule has 0 N–H and O–H groups in total. The quantitative estimate of drug-likeness (QED) is 0.439. The van der Waals surface area contributed by atoms with E-state index in [4.69, 9.17) is 27.9 Å². The van der Waals surface area contributed by atoms with Gasteiger partial charge in [0.2, 0.25) is 0 Å². The number of carbonyl (C=O) groups excluding carboxylic acids is 2. The maximum absolute atomic E-state index is 12.1. The number of esters is 1. The van der Waals surface area contributed by atoms with Gasteiger partial charge in [0.25, 0.3) is 0 Å². The van der Waals surface area contributed by atoms with Crippen molar-refractivity contribution in [3.05, 3.63) is 62.5 Å². The van der Waals surface area contributed by atoms with E-state index in [-0.39, 0.29) is 23.8 Å². The Bertz CT molecular complexity index is 1080. The number of halogens is 2. The Morgan fingerprint density at radius 2 is 1.86 bits per heavy atom. The summed E-state index contributed by atoms with van der Waals surface area (Å²) in [6.45, 7) is 5.42. The van der Waals surface area contributed by atoms with Crippen LogP contribution in [0.15, 0.2) is 24.3 Å². The van der Waals surface area contributed by atoms with E-state index in [0.717, 1.165) is 28.3 Å². The van der Waals surface area contributed by atoms with Gasteiger partial charge in [-0.15, -0.1) is 0 Å². The van der Waals surface area contributed by atoms with Crippen LogP contribution in [-0.4, -0.2) is 33.0 Å². The van der Waals surface area contributed by atoms with Crippen LogP contribution in [0, 0.1) is 20.8 Å². The summed E-state index contributed by atoms with van der Waals surface area (Å²) in [6, 6.07) is 6.45. The first-order valence-corrected chi connectivity index (χ1v) is 9.48. The molecule has 146 valence electrons. The van der Waals surface area contributed by atoms with Crippen molar-refractivity contribution >= 4 is 40.6 Å². The normalized spacial score (nSPS) is 11.0. The Morgan fingerprint density at radius 1 is 1.11 bits per heavy atom. The molecule has 0 radical (unpaired) electrons. The van der Waals surface area contributed by atoms with E-state index >= 15 is 0 Å². The lowest BCUT2D eigenvalue weighted by Gasteiger charge is -2.11. The molecule has 3 rings (SSSR count). The number of carbonyl (C=O) groups is 2. The first-order valence-electron chi connectivity index (χ1n) is 8.72. The molecule has 8 heteroatoms. The summed E-state index contributed by atoms with van der Waals surface area (Å²) in [4.78, 5) is 28.8. The van der Waals surface area contributed by atoms with E-state index in [1.165, 1.54) is 12.1 Å². The van der Waals surface area contributed by atoms with E-state index in [9.17, 15) is 9.59 Å². The molecule has 1 aromatic carbocycles. The molecule has 0 aliphatic carbocycles. The van der Waals surface area contributed by atoms with Crippen LogP contribution in [0.5, 0.6) is 0 Å². The molecular weight excluding hydrogens is 401 g/mol. The van der Waals surface area contributed by atoms with Gasteiger partial charge in [-0.25, -0.2) is 9.50 Å². The number of ketones is 1. The van der Waals surface area contributed by atoms with Gasteiger partial charge < -0.3 is 4.74 Å². The zero-order valence-electron chi connectivity index (χ0n) is 15.8. The Morgan fingerprint density at radius 3 is 2.57 bits per heavy atom. The van der Waals surface area contributed by atoms with Crippen molar-refractivity contribution in [1.29, 1.82) is 0 Å². The van der Waals surface area contributed by atoms with Crippen LogP contribution in [0.25, 0.3) is 5.65 Å². The fourth-order valence-electron chi connectivity index (χ4n) is 3.00. The summed E-state index contributed by atoms with van der Waals surface area (Å²) >= 11 is 11.7. The maximum atomic E-state index is 12.1. The van der Waals surface area contributed by atoms with Gasteiger partial charge in [-0.1, -0.05) is 23.2 Å². The minimum atomic E-state index is -0.455. The lowest BCUT2D eigenvalue weighted by atomic mass is 10.1. The molecule has 28 heavy (non-hydrogen) atoms. The van der Waals surface area contributed by atoms with Crippen molar-refractivity contribution < 1.29 is 14.3 Å². The Balaban J connectivity index is 1.60. The molecule has 0 atom stereocenters. The Kier molecular flexibility index (Phi) is 6.01. The first-order chi connectivity index (χ1) is 13.3. The summed E-state index contributed by atoms with van der Waals surface area (Å²) in [7, 11) is 0. The third kappa shape index (κ3) is 4.34. The molecule has 3 aromatic rings. The molecule has 0 unspecified atom stereocenters. The monoisotopic (exact) mass is 419 g/mol. The summed E-state index contributed by atoms with van der Waals surface area (Å²) in [5, 5.41) is 5.06. The van der Waals surface area contributed by atoms with Gasteiger partial charge in [0, 0.05) is 29.4 Å². The Hall–Kier alpha value is -2.44. The largest absolute Gasteiger partial charge is 0.457 e. The van der Waals surface area contributed by atoms with Gasteiger partial charge in [-0.2, -0.15) is 5.10 Å². The van der Waals surface area contributed by atoms with Gasteiger partial charge in [0.15, 0.2) is 18.0 Å². The number of hydrogen-bond donors (Lipinski definition) is 0. The summed E-state index contributed by atoms with van der Waals surface area (Å²) in [5.41, 5.74) is 4.75. The molecule has 2 aromatic heterocycles. The summed E-state index contributed by atoms with van der Waals surface area (Å²) in [6.07, 6.45) is 0.600. The molecule has 0 aliphatic heterocycles.